The van der Waals surface area contributed by atoms with Crippen LogP contribution in [0.3, 0.4) is 0 Å². The second-order valence-electron chi connectivity index (χ2n) is 4.29. The van der Waals surface area contributed by atoms with E-state index < -0.39 is 10.9 Å². The summed E-state index contributed by atoms with van der Waals surface area (Å²) in [5, 5.41) is 19.6. The Bertz CT molecular complexity index is 526. The van der Waals surface area contributed by atoms with Crippen LogP contribution in [0.15, 0.2) is 16.6 Å². The highest BCUT2D eigenvalue weighted by atomic mass is 79.9. The van der Waals surface area contributed by atoms with E-state index in [1.165, 1.54) is 6.07 Å². The Hall–Kier alpha value is -1.63. The number of benzene rings is 1. The van der Waals surface area contributed by atoms with Crippen LogP contribution >= 0.6 is 15.9 Å². The Balaban J connectivity index is 2.24. The Morgan fingerprint density at radius 1 is 1.56 bits per heavy atom. The van der Waals surface area contributed by atoms with Crippen LogP contribution in [0.1, 0.15) is 5.56 Å². The van der Waals surface area contributed by atoms with Crippen molar-refractivity contribution in [2.24, 2.45) is 5.92 Å². The summed E-state index contributed by atoms with van der Waals surface area (Å²) in [5.74, 6) is -1.16. The van der Waals surface area contributed by atoms with Crippen molar-refractivity contribution in [3.05, 3.63) is 32.3 Å². The van der Waals surface area contributed by atoms with Crippen molar-refractivity contribution >= 4 is 33.3 Å². The lowest BCUT2D eigenvalue weighted by atomic mass is 9.99. The Labute approximate surface area is 111 Å². The summed E-state index contributed by atoms with van der Waals surface area (Å²) < 4.78 is 0.614. The molecule has 0 amide bonds. The lowest BCUT2D eigenvalue weighted by Gasteiger charge is -2.39. The third kappa shape index (κ3) is 2.17. The second kappa shape index (κ2) is 4.56. The molecular weight excluding hydrogens is 304 g/mol. The number of rotatable bonds is 3. The molecule has 1 aliphatic rings. The van der Waals surface area contributed by atoms with Gasteiger partial charge in [0.25, 0.3) is 5.69 Å². The van der Waals surface area contributed by atoms with E-state index in [1.54, 1.807) is 13.0 Å². The molecule has 0 radical (unpaired) electrons. The molecule has 0 aliphatic carbocycles. The van der Waals surface area contributed by atoms with Crippen molar-refractivity contribution in [3.63, 3.8) is 0 Å². The van der Waals surface area contributed by atoms with Gasteiger partial charge in [-0.1, -0.05) is 0 Å². The molecule has 1 N–H and O–H groups in total. The number of carboxylic acid groups (broad SMARTS) is 1. The third-order valence-corrected chi connectivity index (χ3v) is 3.67. The van der Waals surface area contributed by atoms with Crippen molar-refractivity contribution in [3.8, 4) is 0 Å². The van der Waals surface area contributed by atoms with E-state index in [4.69, 9.17) is 5.11 Å². The Morgan fingerprint density at radius 2 is 2.17 bits per heavy atom. The van der Waals surface area contributed by atoms with Gasteiger partial charge >= 0.3 is 5.97 Å². The fourth-order valence-corrected chi connectivity index (χ4v) is 2.51. The molecule has 1 saturated heterocycles. The second-order valence-corrected chi connectivity index (χ2v) is 5.14. The van der Waals surface area contributed by atoms with Gasteiger partial charge in [0.2, 0.25) is 0 Å². The molecular formula is C11H11BrN2O4. The van der Waals surface area contributed by atoms with Crippen LogP contribution in [0.5, 0.6) is 0 Å². The van der Waals surface area contributed by atoms with E-state index >= 15 is 0 Å². The lowest BCUT2D eigenvalue weighted by Crippen LogP contribution is -2.50. The molecule has 0 atom stereocenters. The molecule has 18 heavy (non-hydrogen) atoms. The summed E-state index contributed by atoms with van der Waals surface area (Å²) >= 11 is 3.29. The van der Waals surface area contributed by atoms with Crippen LogP contribution < -0.4 is 4.90 Å². The van der Waals surface area contributed by atoms with Gasteiger partial charge in [-0.3, -0.25) is 14.9 Å². The van der Waals surface area contributed by atoms with Crippen molar-refractivity contribution in [1.29, 1.82) is 0 Å². The van der Waals surface area contributed by atoms with E-state index in [1.807, 2.05) is 4.90 Å². The van der Waals surface area contributed by atoms with Crippen LogP contribution in [0.4, 0.5) is 11.4 Å². The molecule has 0 aromatic heterocycles. The molecule has 2 rings (SSSR count). The largest absolute Gasteiger partial charge is 0.481 e. The van der Waals surface area contributed by atoms with E-state index in [-0.39, 0.29) is 11.6 Å². The first kappa shape index (κ1) is 12.8. The van der Waals surface area contributed by atoms with E-state index in [0.29, 0.717) is 23.1 Å². The highest BCUT2D eigenvalue weighted by Crippen LogP contribution is 2.36. The van der Waals surface area contributed by atoms with Gasteiger partial charge in [0.15, 0.2) is 0 Å². The maximum atomic E-state index is 10.8. The normalized spacial score (nSPS) is 15.3. The first-order chi connectivity index (χ1) is 8.40. The molecule has 0 bridgehead atoms. The number of nitro groups is 1. The molecule has 1 aliphatic heterocycles. The number of halogens is 1. The standard InChI is InChI=1S/C11H11BrN2O4/c1-6-2-10(8(12)3-9(6)14(17)18)13-4-7(5-13)11(15)16/h2-3,7H,4-5H2,1H3,(H,15,16). The number of aliphatic carboxylic acids is 1. The van der Waals surface area contributed by atoms with Gasteiger partial charge in [-0.2, -0.15) is 0 Å². The van der Waals surface area contributed by atoms with Gasteiger partial charge in [-0.15, -0.1) is 0 Å². The predicted molar refractivity (Wildman–Crippen MR) is 68.9 cm³/mol. The first-order valence-electron chi connectivity index (χ1n) is 5.32. The number of carboxylic acids is 1. The molecule has 1 aromatic rings. The Morgan fingerprint density at radius 3 is 2.67 bits per heavy atom. The smallest absolute Gasteiger partial charge is 0.310 e. The number of nitrogens with zero attached hydrogens (tertiary/aromatic N) is 2. The first-order valence-corrected chi connectivity index (χ1v) is 6.11. The van der Waals surface area contributed by atoms with Gasteiger partial charge in [-0.25, -0.2) is 0 Å². The Kier molecular flexibility index (Phi) is 3.25. The molecule has 7 heteroatoms. The van der Waals surface area contributed by atoms with Gasteiger partial charge in [0.1, 0.15) is 0 Å². The van der Waals surface area contributed by atoms with Gasteiger partial charge in [0.05, 0.1) is 16.5 Å². The van der Waals surface area contributed by atoms with Crippen molar-refractivity contribution in [2.75, 3.05) is 18.0 Å². The zero-order valence-electron chi connectivity index (χ0n) is 9.59. The third-order valence-electron chi connectivity index (χ3n) is 3.03. The minimum Gasteiger partial charge on any atom is -0.481 e. The SMILES string of the molecule is Cc1cc(N2CC(C(=O)O)C2)c(Br)cc1[N+](=O)[O-]. The number of carbonyl (C=O) groups is 1. The van der Waals surface area contributed by atoms with Crippen LogP contribution in [0.25, 0.3) is 0 Å². The van der Waals surface area contributed by atoms with Crippen LogP contribution in [0.2, 0.25) is 0 Å². The fraction of sp³-hybridized carbons (Fsp3) is 0.364. The predicted octanol–water partition coefficient (Wildman–Crippen LogP) is 2.19. The minimum atomic E-state index is -0.805. The molecule has 0 spiro atoms. The van der Waals surface area contributed by atoms with Gasteiger partial charge in [-0.05, 0) is 28.9 Å². The summed E-state index contributed by atoms with van der Waals surface area (Å²) in [6.45, 7) is 2.54. The molecule has 6 nitrogen and oxygen atoms in total. The number of hydrogen-bond donors (Lipinski definition) is 1. The average Bonchev–Trinajstić information content (AvgIpc) is 2.19. The zero-order valence-corrected chi connectivity index (χ0v) is 11.2. The number of anilines is 1. The molecule has 96 valence electrons. The molecule has 0 unspecified atom stereocenters. The quantitative estimate of drug-likeness (QED) is 0.683. The highest BCUT2D eigenvalue weighted by Gasteiger charge is 2.34. The summed E-state index contributed by atoms with van der Waals surface area (Å²) in [7, 11) is 0. The van der Waals surface area contributed by atoms with Crippen molar-refractivity contribution < 1.29 is 14.8 Å². The zero-order chi connectivity index (χ0) is 13.4. The van der Waals surface area contributed by atoms with Crippen molar-refractivity contribution in [2.45, 2.75) is 6.92 Å². The molecule has 1 heterocycles. The monoisotopic (exact) mass is 314 g/mol. The van der Waals surface area contributed by atoms with Crippen LogP contribution in [-0.4, -0.2) is 29.1 Å². The summed E-state index contributed by atoms with van der Waals surface area (Å²) in [6.07, 6.45) is 0. The number of aryl methyl sites for hydroxylation is 1. The number of nitro benzene ring substituents is 1. The van der Waals surface area contributed by atoms with Crippen LogP contribution in [-0.2, 0) is 4.79 Å². The van der Waals surface area contributed by atoms with Gasteiger partial charge in [0, 0.05) is 29.2 Å². The average molecular weight is 315 g/mol. The summed E-state index contributed by atoms with van der Waals surface area (Å²) in [5.41, 5.74) is 1.42. The molecule has 1 aromatic carbocycles. The topological polar surface area (TPSA) is 83.7 Å². The molecule has 0 saturated carbocycles. The maximum absolute atomic E-state index is 10.8. The highest BCUT2D eigenvalue weighted by molar-refractivity contribution is 9.10. The van der Waals surface area contributed by atoms with Gasteiger partial charge < -0.3 is 10.0 Å². The van der Waals surface area contributed by atoms with Crippen LogP contribution in [0, 0.1) is 23.0 Å². The molecule has 1 fully saturated rings. The summed E-state index contributed by atoms with van der Waals surface area (Å²) in [6, 6.07) is 3.17. The van der Waals surface area contributed by atoms with E-state index in [0.717, 1.165) is 5.69 Å². The lowest BCUT2D eigenvalue weighted by molar-refractivity contribution is -0.385. The maximum Gasteiger partial charge on any atom is 0.310 e. The van der Waals surface area contributed by atoms with Crippen molar-refractivity contribution in [1.82, 2.24) is 0 Å². The van der Waals surface area contributed by atoms with E-state index in [2.05, 4.69) is 15.9 Å². The summed E-state index contributed by atoms with van der Waals surface area (Å²) in [4.78, 5) is 23.0. The van der Waals surface area contributed by atoms with E-state index in [9.17, 15) is 14.9 Å². The fourth-order valence-electron chi connectivity index (χ4n) is 1.93. The minimum absolute atomic E-state index is 0.0564. The number of hydrogen-bond acceptors (Lipinski definition) is 4.